The number of amides is 1. The molecule has 2 aliphatic rings. The molecule has 0 radical (unpaired) electrons. The molecule has 1 amide bonds. The van der Waals surface area contributed by atoms with E-state index in [2.05, 4.69) is 36.1 Å². The SMILES string of the molecule is Cc1cccc(CC(=O)N2CCOc3ccc(N4CCOCC4)cc3C2)c1. The first-order valence-electron chi connectivity index (χ1n) is 9.61. The standard InChI is InChI=1S/C22H26N2O3/c1-17-3-2-4-18(13-17)14-22(25)24-9-12-27-21-6-5-20(15-19(21)16-24)23-7-10-26-11-8-23/h2-6,13,15H,7-12,14,16H2,1H3. The van der Waals surface area contributed by atoms with E-state index in [4.69, 9.17) is 9.47 Å². The van der Waals surface area contributed by atoms with Gasteiger partial charge in [-0.3, -0.25) is 4.79 Å². The summed E-state index contributed by atoms with van der Waals surface area (Å²) in [6, 6.07) is 14.5. The van der Waals surface area contributed by atoms with E-state index in [0.717, 1.165) is 43.2 Å². The van der Waals surface area contributed by atoms with Gasteiger partial charge in [-0.2, -0.15) is 0 Å². The molecule has 2 heterocycles. The predicted octanol–water partition coefficient (Wildman–Crippen LogP) is 2.80. The monoisotopic (exact) mass is 366 g/mol. The van der Waals surface area contributed by atoms with E-state index >= 15 is 0 Å². The van der Waals surface area contributed by atoms with E-state index in [0.29, 0.717) is 26.1 Å². The molecule has 142 valence electrons. The van der Waals surface area contributed by atoms with Crippen molar-refractivity contribution in [1.82, 2.24) is 4.90 Å². The molecule has 5 heteroatoms. The van der Waals surface area contributed by atoms with Crippen LogP contribution in [0.25, 0.3) is 0 Å². The highest BCUT2D eigenvalue weighted by molar-refractivity contribution is 5.79. The van der Waals surface area contributed by atoms with Crippen molar-refractivity contribution in [1.29, 1.82) is 0 Å². The van der Waals surface area contributed by atoms with Crippen LogP contribution in [-0.4, -0.2) is 50.3 Å². The lowest BCUT2D eigenvalue weighted by molar-refractivity contribution is -0.131. The van der Waals surface area contributed by atoms with Crippen molar-refractivity contribution in [3.63, 3.8) is 0 Å². The Morgan fingerprint density at radius 2 is 1.89 bits per heavy atom. The Balaban J connectivity index is 1.50. The Morgan fingerprint density at radius 3 is 2.70 bits per heavy atom. The molecule has 0 saturated carbocycles. The van der Waals surface area contributed by atoms with E-state index < -0.39 is 0 Å². The number of anilines is 1. The Hall–Kier alpha value is -2.53. The fraction of sp³-hybridized carbons (Fsp3) is 0.409. The average Bonchev–Trinajstić information content (AvgIpc) is 2.90. The van der Waals surface area contributed by atoms with Crippen LogP contribution in [0.3, 0.4) is 0 Å². The average molecular weight is 366 g/mol. The molecule has 2 aliphatic heterocycles. The number of carbonyl (C=O) groups excluding carboxylic acids is 1. The number of ether oxygens (including phenoxy) is 2. The summed E-state index contributed by atoms with van der Waals surface area (Å²) in [5.41, 5.74) is 4.50. The minimum Gasteiger partial charge on any atom is -0.491 e. The molecule has 0 aromatic heterocycles. The van der Waals surface area contributed by atoms with Gasteiger partial charge in [-0.05, 0) is 30.7 Å². The summed E-state index contributed by atoms with van der Waals surface area (Å²) in [6.45, 7) is 7.11. The molecule has 27 heavy (non-hydrogen) atoms. The van der Waals surface area contributed by atoms with Gasteiger partial charge in [0.25, 0.3) is 0 Å². The fourth-order valence-corrected chi connectivity index (χ4v) is 3.72. The summed E-state index contributed by atoms with van der Waals surface area (Å²) in [6.07, 6.45) is 0.431. The number of hydrogen-bond acceptors (Lipinski definition) is 4. The van der Waals surface area contributed by atoms with Gasteiger partial charge in [0.2, 0.25) is 5.91 Å². The molecule has 0 N–H and O–H groups in total. The zero-order valence-electron chi connectivity index (χ0n) is 15.8. The van der Waals surface area contributed by atoms with Crippen LogP contribution in [0, 0.1) is 6.92 Å². The highest BCUT2D eigenvalue weighted by Gasteiger charge is 2.21. The second-order valence-corrected chi connectivity index (χ2v) is 7.22. The maximum absolute atomic E-state index is 12.9. The second-order valence-electron chi connectivity index (χ2n) is 7.22. The van der Waals surface area contributed by atoms with Crippen LogP contribution in [0.15, 0.2) is 42.5 Å². The molecular formula is C22H26N2O3. The number of benzene rings is 2. The topological polar surface area (TPSA) is 42.0 Å². The quantitative estimate of drug-likeness (QED) is 0.838. The molecule has 5 nitrogen and oxygen atoms in total. The van der Waals surface area contributed by atoms with Gasteiger partial charge >= 0.3 is 0 Å². The van der Waals surface area contributed by atoms with Crippen molar-refractivity contribution in [3.05, 3.63) is 59.2 Å². The lowest BCUT2D eigenvalue weighted by Crippen LogP contribution is -2.36. The Bertz CT molecular complexity index is 815. The molecule has 1 fully saturated rings. The highest BCUT2D eigenvalue weighted by atomic mass is 16.5. The summed E-state index contributed by atoms with van der Waals surface area (Å²) >= 11 is 0. The Morgan fingerprint density at radius 1 is 1.04 bits per heavy atom. The van der Waals surface area contributed by atoms with Gasteiger partial charge in [0.15, 0.2) is 0 Å². The summed E-state index contributed by atoms with van der Waals surface area (Å²) < 4.78 is 11.4. The molecule has 0 bridgehead atoms. The van der Waals surface area contributed by atoms with E-state index in [1.807, 2.05) is 23.1 Å². The zero-order valence-corrected chi connectivity index (χ0v) is 15.8. The number of nitrogens with zero attached hydrogens (tertiary/aromatic N) is 2. The first kappa shape index (κ1) is 17.9. The number of fused-ring (bicyclic) bond motifs is 1. The van der Waals surface area contributed by atoms with Gasteiger partial charge in [-0.15, -0.1) is 0 Å². The Kier molecular flexibility index (Phi) is 5.30. The fourth-order valence-electron chi connectivity index (χ4n) is 3.72. The minimum absolute atomic E-state index is 0.147. The molecule has 0 spiro atoms. The van der Waals surface area contributed by atoms with E-state index in [9.17, 15) is 4.79 Å². The minimum atomic E-state index is 0.147. The van der Waals surface area contributed by atoms with Crippen LogP contribution >= 0.6 is 0 Å². The molecule has 0 unspecified atom stereocenters. The van der Waals surface area contributed by atoms with Crippen molar-refractivity contribution in [2.75, 3.05) is 44.4 Å². The van der Waals surface area contributed by atoms with Gasteiger partial charge in [0.05, 0.1) is 26.2 Å². The summed E-state index contributed by atoms with van der Waals surface area (Å²) in [4.78, 5) is 17.1. The highest BCUT2D eigenvalue weighted by Crippen LogP contribution is 2.29. The largest absolute Gasteiger partial charge is 0.491 e. The summed E-state index contributed by atoms with van der Waals surface area (Å²) in [7, 11) is 0. The summed E-state index contributed by atoms with van der Waals surface area (Å²) in [5.74, 6) is 1.03. The lowest BCUT2D eigenvalue weighted by Gasteiger charge is -2.29. The molecule has 2 aromatic rings. The number of aryl methyl sites for hydroxylation is 1. The molecule has 0 aliphatic carbocycles. The summed E-state index contributed by atoms with van der Waals surface area (Å²) in [5, 5.41) is 0. The number of hydrogen-bond donors (Lipinski definition) is 0. The van der Waals surface area contributed by atoms with E-state index in [-0.39, 0.29) is 5.91 Å². The number of carbonyl (C=O) groups is 1. The van der Waals surface area contributed by atoms with E-state index in [1.54, 1.807) is 0 Å². The van der Waals surface area contributed by atoms with Gasteiger partial charge in [-0.25, -0.2) is 0 Å². The third-order valence-corrected chi connectivity index (χ3v) is 5.19. The Labute approximate surface area is 160 Å². The molecular weight excluding hydrogens is 340 g/mol. The third-order valence-electron chi connectivity index (χ3n) is 5.19. The number of rotatable bonds is 3. The molecule has 1 saturated heterocycles. The van der Waals surface area contributed by atoms with E-state index in [1.165, 1.54) is 11.3 Å². The maximum Gasteiger partial charge on any atom is 0.227 e. The molecule has 0 atom stereocenters. The van der Waals surface area contributed by atoms with Crippen molar-refractivity contribution < 1.29 is 14.3 Å². The van der Waals surface area contributed by atoms with Crippen molar-refractivity contribution >= 4 is 11.6 Å². The third kappa shape index (κ3) is 4.25. The van der Waals surface area contributed by atoms with Gasteiger partial charge in [0.1, 0.15) is 12.4 Å². The van der Waals surface area contributed by atoms with Crippen molar-refractivity contribution in [3.8, 4) is 5.75 Å². The first-order chi connectivity index (χ1) is 13.2. The maximum atomic E-state index is 12.9. The molecule has 4 rings (SSSR count). The van der Waals surface area contributed by atoms with Crippen LogP contribution in [0.1, 0.15) is 16.7 Å². The smallest absolute Gasteiger partial charge is 0.227 e. The van der Waals surface area contributed by atoms with Crippen LogP contribution in [0.5, 0.6) is 5.75 Å². The lowest BCUT2D eigenvalue weighted by atomic mass is 10.1. The second kappa shape index (κ2) is 8.01. The zero-order chi connectivity index (χ0) is 18.6. The van der Waals surface area contributed by atoms with Crippen molar-refractivity contribution in [2.24, 2.45) is 0 Å². The predicted molar refractivity (Wildman–Crippen MR) is 105 cm³/mol. The van der Waals surface area contributed by atoms with Crippen molar-refractivity contribution in [2.45, 2.75) is 19.9 Å². The normalized spacial score (nSPS) is 17.1. The first-order valence-corrected chi connectivity index (χ1v) is 9.61. The van der Waals surface area contributed by atoms with Gasteiger partial charge in [0, 0.05) is 30.9 Å². The van der Waals surface area contributed by atoms with Crippen LogP contribution < -0.4 is 9.64 Å². The van der Waals surface area contributed by atoms with Crippen LogP contribution in [0.2, 0.25) is 0 Å². The van der Waals surface area contributed by atoms with Crippen LogP contribution in [-0.2, 0) is 22.5 Å². The molecule has 2 aromatic carbocycles. The van der Waals surface area contributed by atoms with Gasteiger partial charge < -0.3 is 19.3 Å². The van der Waals surface area contributed by atoms with Gasteiger partial charge in [-0.1, -0.05) is 29.8 Å². The van der Waals surface area contributed by atoms with Crippen LogP contribution in [0.4, 0.5) is 5.69 Å². The number of morpholine rings is 1.